The summed E-state index contributed by atoms with van der Waals surface area (Å²) in [4.78, 5) is 4.14. The maximum atomic E-state index is 8.53. The number of hydrogen-bond acceptors (Lipinski definition) is 4. The van der Waals surface area contributed by atoms with Gasteiger partial charge >= 0.3 is 0 Å². The van der Waals surface area contributed by atoms with E-state index in [2.05, 4.69) is 10.1 Å². The van der Waals surface area contributed by atoms with Crippen LogP contribution in [0.25, 0.3) is 0 Å². The van der Waals surface area contributed by atoms with E-state index in [-0.39, 0.29) is 6.61 Å². The standard InChI is InChI=1S/C8H14N2O2/c1-2-8-9-7(10-12-8)5-3-4-6-11/h11H,2-6H2,1H3. The van der Waals surface area contributed by atoms with Crippen LogP contribution < -0.4 is 0 Å². The summed E-state index contributed by atoms with van der Waals surface area (Å²) in [5.74, 6) is 1.44. The van der Waals surface area contributed by atoms with E-state index in [1.165, 1.54) is 0 Å². The summed E-state index contributed by atoms with van der Waals surface area (Å²) in [7, 11) is 0. The molecule has 1 heterocycles. The second kappa shape index (κ2) is 4.87. The van der Waals surface area contributed by atoms with E-state index in [4.69, 9.17) is 9.63 Å². The van der Waals surface area contributed by atoms with Crippen molar-refractivity contribution in [3.8, 4) is 0 Å². The summed E-state index contributed by atoms with van der Waals surface area (Å²) in [5, 5.41) is 12.3. The lowest BCUT2D eigenvalue weighted by molar-refractivity contribution is 0.284. The van der Waals surface area contributed by atoms with Crippen LogP contribution >= 0.6 is 0 Å². The highest BCUT2D eigenvalue weighted by atomic mass is 16.5. The van der Waals surface area contributed by atoms with Gasteiger partial charge in [0, 0.05) is 19.4 Å². The Balaban J connectivity index is 2.31. The van der Waals surface area contributed by atoms with Crippen molar-refractivity contribution < 1.29 is 9.63 Å². The second-order valence-electron chi connectivity index (χ2n) is 2.64. The van der Waals surface area contributed by atoms with Crippen molar-refractivity contribution in [1.82, 2.24) is 10.1 Å². The fourth-order valence-corrected chi connectivity index (χ4v) is 0.930. The lowest BCUT2D eigenvalue weighted by Gasteiger charge is -1.90. The van der Waals surface area contributed by atoms with Gasteiger partial charge in [0.15, 0.2) is 5.82 Å². The molecule has 4 nitrogen and oxygen atoms in total. The molecule has 4 heteroatoms. The number of aliphatic hydroxyl groups excluding tert-OH is 1. The quantitative estimate of drug-likeness (QED) is 0.668. The maximum absolute atomic E-state index is 8.53. The molecule has 1 rings (SSSR count). The predicted octanol–water partition coefficient (Wildman–Crippen LogP) is 0.947. The average molecular weight is 170 g/mol. The molecule has 1 N–H and O–H groups in total. The van der Waals surface area contributed by atoms with Gasteiger partial charge in [-0.15, -0.1) is 0 Å². The molecule has 0 saturated heterocycles. The Morgan fingerprint density at radius 3 is 2.83 bits per heavy atom. The number of nitrogens with zero attached hydrogens (tertiary/aromatic N) is 2. The number of hydrogen-bond donors (Lipinski definition) is 1. The molecule has 0 unspecified atom stereocenters. The van der Waals surface area contributed by atoms with Crippen LogP contribution in [0.5, 0.6) is 0 Å². The molecule has 0 aliphatic heterocycles. The molecule has 0 atom stereocenters. The molecular formula is C8H14N2O2. The third kappa shape index (κ3) is 2.62. The zero-order valence-corrected chi connectivity index (χ0v) is 7.29. The maximum Gasteiger partial charge on any atom is 0.226 e. The Morgan fingerprint density at radius 2 is 2.25 bits per heavy atom. The van der Waals surface area contributed by atoms with Crippen molar-refractivity contribution in [2.24, 2.45) is 0 Å². The number of rotatable bonds is 5. The van der Waals surface area contributed by atoms with Gasteiger partial charge in [-0.25, -0.2) is 0 Å². The van der Waals surface area contributed by atoms with Gasteiger partial charge in [-0.1, -0.05) is 12.1 Å². The van der Waals surface area contributed by atoms with Crippen molar-refractivity contribution >= 4 is 0 Å². The lowest BCUT2D eigenvalue weighted by Crippen LogP contribution is -1.91. The molecule has 0 spiro atoms. The third-order valence-electron chi connectivity index (χ3n) is 1.62. The Morgan fingerprint density at radius 1 is 1.42 bits per heavy atom. The molecule has 68 valence electrons. The van der Waals surface area contributed by atoms with Crippen molar-refractivity contribution in [2.45, 2.75) is 32.6 Å². The Hall–Kier alpha value is -0.900. The monoisotopic (exact) mass is 170 g/mol. The summed E-state index contributed by atoms with van der Waals surface area (Å²) in [6.07, 6.45) is 3.30. The van der Waals surface area contributed by atoms with Gasteiger partial charge in [0.1, 0.15) is 0 Å². The van der Waals surface area contributed by atoms with E-state index in [1.54, 1.807) is 0 Å². The van der Waals surface area contributed by atoms with Gasteiger partial charge < -0.3 is 9.63 Å². The Labute approximate surface area is 71.6 Å². The molecule has 1 aromatic rings. The average Bonchev–Trinajstić information content (AvgIpc) is 2.53. The molecule has 0 aromatic carbocycles. The van der Waals surface area contributed by atoms with Crippen molar-refractivity contribution in [2.75, 3.05) is 6.61 Å². The summed E-state index contributed by atoms with van der Waals surface area (Å²) in [6, 6.07) is 0. The molecular weight excluding hydrogens is 156 g/mol. The predicted molar refractivity (Wildman–Crippen MR) is 43.7 cm³/mol. The van der Waals surface area contributed by atoms with Crippen LogP contribution in [0, 0.1) is 0 Å². The lowest BCUT2D eigenvalue weighted by atomic mass is 10.2. The van der Waals surface area contributed by atoms with Crippen LogP contribution in [-0.2, 0) is 12.8 Å². The minimum Gasteiger partial charge on any atom is -0.396 e. The van der Waals surface area contributed by atoms with E-state index in [0.717, 1.165) is 31.5 Å². The van der Waals surface area contributed by atoms with Gasteiger partial charge in [0.25, 0.3) is 0 Å². The molecule has 1 aromatic heterocycles. The minimum atomic E-state index is 0.235. The largest absolute Gasteiger partial charge is 0.396 e. The zero-order chi connectivity index (χ0) is 8.81. The van der Waals surface area contributed by atoms with Crippen LogP contribution in [-0.4, -0.2) is 21.9 Å². The Bertz CT molecular complexity index is 223. The smallest absolute Gasteiger partial charge is 0.226 e. The number of aryl methyl sites for hydroxylation is 2. The van der Waals surface area contributed by atoms with Crippen LogP contribution in [0.15, 0.2) is 4.52 Å². The molecule has 12 heavy (non-hydrogen) atoms. The first-order chi connectivity index (χ1) is 5.86. The van der Waals surface area contributed by atoms with E-state index < -0.39 is 0 Å². The van der Waals surface area contributed by atoms with E-state index in [1.807, 2.05) is 6.92 Å². The highest BCUT2D eigenvalue weighted by molar-refractivity contribution is 4.85. The zero-order valence-electron chi connectivity index (χ0n) is 7.29. The normalized spacial score (nSPS) is 10.5. The van der Waals surface area contributed by atoms with Crippen LogP contribution in [0.1, 0.15) is 31.5 Å². The molecule has 0 fully saturated rings. The Kier molecular flexibility index (Phi) is 3.73. The van der Waals surface area contributed by atoms with Crippen LogP contribution in [0.3, 0.4) is 0 Å². The highest BCUT2D eigenvalue weighted by Crippen LogP contribution is 2.02. The first-order valence-corrected chi connectivity index (χ1v) is 4.29. The van der Waals surface area contributed by atoms with E-state index in [0.29, 0.717) is 5.89 Å². The summed E-state index contributed by atoms with van der Waals surface area (Å²) in [6.45, 7) is 2.21. The number of aliphatic hydroxyl groups is 1. The van der Waals surface area contributed by atoms with Crippen LogP contribution in [0.2, 0.25) is 0 Å². The summed E-state index contributed by atoms with van der Waals surface area (Å²) in [5.41, 5.74) is 0. The first-order valence-electron chi connectivity index (χ1n) is 4.29. The number of aromatic nitrogens is 2. The fraction of sp³-hybridized carbons (Fsp3) is 0.750. The van der Waals surface area contributed by atoms with Crippen LogP contribution in [0.4, 0.5) is 0 Å². The molecule has 0 radical (unpaired) electrons. The van der Waals surface area contributed by atoms with Gasteiger partial charge in [0.2, 0.25) is 5.89 Å². The second-order valence-corrected chi connectivity index (χ2v) is 2.64. The summed E-state index contributed by atoms with van der Waals surface area (Å²) >= 11 is 0. The SMILES string of the molecule is CCc1nc(CCCCO)no1. The molecule has 0 amide bonds. The van der Waals surface area contributed by atoms with Gasteiger partial charge in [-0.05, 0) is 12.8 Å². The molecule has 0 saturated carbocycles. The highest BCUT2D eigenvalue weighted by Gasteiger charge is 2.02. The molecule has 0 bridgehead atoms. The van der Waals surface area contributed by atoms with Gasteiger partial charge in [-0.3, -0.25) is 0 Å². The number of unbranched alkanes of at least 4 members (excludes halogenated alkanes) is 1. The third-order valence-corrected chi connectivity index (χ3v) is 1.62. The van der Waals surface area contributed by atoms with Crippen molar-refractivity contribution in [3.63, 3.8) is 0 Å². The van der Waals surface area contributed by atoms with Crippen molar-refractivity contribution in [3.05, 3.63) is 11.7 Å². The molecule has 0 aliphatic rings. The topological polar surface area (TPSA) is 59.2 Å². The van der Waals surface area contributed by atoms with Gasteiger partial charge in [0.05, 0.1) is 0 Å². The van der Waals surface area contributed by atoms with E-state index >= 15 is 0 Å². The first kappa shape index (κ1) is 9.19. The fourth-order valence-electron chi connectivity index (χ4n) is 0.930. The van der Waals surface area contributed by atoms with Crippen molar-refractivity contribution in [1.29, 1.82) is 0 Å². The minimum absolute atomic E-state index is 0.235. The van der Waals surface area contributed by atoms with E-state index in [9.17, 15) is 0 Å². The van der Waals surface area contributed by atoms with Gasteiger partial charge in [-0.2, -0.15) is 4.98 Å². The molecule has 0 aliphatic carbocycles. The summed E-state index contributed by atoms with van der Waals surface area (Å²) < 4.78 is 4.92.